The van der Waals surface area contributed by atoms with E-state index in [2.05, 4.69) is 25.5 Å². The lowest BCUT2D eigenvalue weighted by Crippen LogP contribution is -2.44. The number of aromatic nitrogens is 2. The molecule has 2 aromatic rings. The Morgan fingerprint density at radius 2 is 1.63 bits per heavy atom. The second-order valence-electron chi connectivity index (χ2n) is 4.50. The molecule has 0 radical (unpaired) electrons. The van der Waals surface area contributed by atoms with Crippen LogP contribution in [0.2, 0.25) is 0 Å². The molecule has 0 unspecified atom stereocenters. The molecular formula is C14H17N5. The lowest BCUT2D eigenvalue weighted by atomic mass is 10.3. The fourth-order valence-corrected chi connectivity index (χ4v) is 2.10. The van der Waals surface area contributed by atoms with Crippen molar-refractivity contribution >= 4 is 17.3 Å². The van der Waals surface area contributed by atoms with Crippen molar-refractivity contribution in [1.82, 2.24) is 15.3 Å². The molecule has 2 N–H and O–H groups in total. The first-order valence-electron chi connectivity index (χ1n) is 6.51. The number of piperazine rings is 1. The minimum Gasteiger partial charge on any atom is -0.353 e. The molecule has 1 aliphatic heterocycles. The highest BCUT2D eigenvalue weighted by Gasteiger charge is 2.12. The first kappa shape index (κ1) is 11.9. The smallest absolute Gasteiger partial charge is 0.225 e. The summed E-state index contributed by atoms with van der Waals surface area (Å²) in [6.45, 7) is 3.91. The molecule has 0 saturated carbocycles. The second kappa shape index (κ2) is 5.67. The van der Waals surface area contributed by atoms with Crippen LogP contribution in [0.25, 0.3) is 0 Å². The van der Waals surface area contributed by atoms with Crippen LogP contribution in [-0.2, 0) is 0 Å². The van der Waals surface area contributed by atoms with E-state index < -0.39 is 0 Å². The number of anilines is 3. The zero-order valence-corrected chi connectivity index (χ0v) is 10.7. The maximum absolute atomic E-state index is 4.42. The molecular weight excluding hydrogens is 238 g/mol. The van der Waals surface area contributed by atoms with Crippen LogP contribution in [0.3, 0.4) is 0 Å². The Labute approximate surface area is 112 Å². The van der Waals surface area contributed by atoms with E-state index in [0.717, 1.165) is 43.5 Å². The topological polar surface area (TPSA) is 53.1 Å². The molecule has 5 nitrogen and oxygen atoms in total. The van der Waals surface area contributed by atoms with Gasteiger partial charge in [-0.2, -0.15) is 0 Å². The third kappa shape index (κ3) is 3.00. The van der Waals surface area contributed by atoms with E-state index in [0.29, 0.717) is 0 Å². The van der Waals surface area contributed by atoms with Crippen LogP contribution in [0.5, 0.6) is 0 Å². The van der Waals surface area contributed by atoms with Crippen LogP contribution in [0.1, 0.15) is 0 Å². The zero-order chi connectivity index (χ0) is 12.9. The van der Waals surface area contributed by atoms with Gasteiger partial charge in [-0.25, -0.2) is 9.97 Å². The Bertz CT molecular complexity index is 505. The molecule has 3 rings (SSSR count). The summed E-state index contributed by atoms with van der Waals surface area (Å²) in [4.78, 5) is 11.0. The van der Waals surface area contributed by atoms with Gasteiger partial charge in [0, 0.05) is 31.9 Å². The van der Waals surface area contributed by atoms with Crippen LogP contribution >= 0.6 is 0 Å². The largest absolute Gasteiger partial charge is 0.353 e. The minimum absolute atomic E-state index is 0.806. The Morgan fingerprint density at radius 3 is 2.32 bits per heavy atom. The third-order valence-corrected chi connectivity index (χ3v) is 3.10. The summed E-state index contributed by atoms with van der Waals surface area (Å²) in [6.07, 6.45) is 3.66. The Hall–Kier alpha value is -2.14. The number of rotatable bonds is 3. The summed E-state index contributed by atoms with van der Waals surface area (Å²) in [5.41, 5.74) is 1.95. The van der Waals surface area contributed by atoms with Gasteiger partial charge in [-0.1, -0.05) is 18.2 Å². The summed E-state index contributed by atoms with van der Waals surface area (Å²) in [5, 5.41) is 6.60. The molecule has 2 heterocycles. The molecule has 1 fully saturated rings. The van der Waals surface area contributed by atoms with Gasteiger partial charge in [-0.15, -0.1) is 0 Å². The van der Waals surface area contributed by atoms with Gasteiger partial charge in [0.1, 0.15) is 0 Å². The first-order chi connectivity index (χ1) is 9.42. The van der Waals surface area contributed by atoms with E-state index in [1.54, 1.807) is 0 Å². The monoisotopic (exact) mass is 255 g/mol. The number of hydrogen-bond acceptors (Lipinski definition) is 5. The molecule has 19 heavy (non-hydrogen) atoms. The number of nitrogens with zero attached hydrogens (tertiary/aromatic N) is 3. The molecule has 1 aromatic heterocycles. The summed E-state index contributed by atoms with van der Waals surface area (Å²) in [5.74, 6) is 0.806. The minimum atomic E-state index is 0.806. The van der Waals surface area contributed by atoms with Crippen molar-refractivity contribution in [3.63, 3.8) is 0 Å². The summed E-state index contributed by atoms with van der Waals surface area (Å²) >= 11 is 0. The average molecular weight is 255 g/mol. The van der Waals surface area contributed by atoms with Crippen molar-refractivity contribution in [1.29, 1.82) is 0 Å². The number of nitrogens with one attached hydrogen (secondary N) is 2. The average Bonchev–Trinajstić information content (AvgIpc) is 2.50. The van der Waals surface area contributed by atoms with Gasteiger partial charge in [-0.3, -0.25) is 0 Å². The molecule has 0 atom stereocenters. The van der Waals surface area contributed by atoms with E-state index in [1.807, 2.05) is 42.7 Å². The van der Waals surface area contributed by atoms with Crippen molar-refractivity contribution in [2.75, 3.05) is 36.4 Å². The summed E-state index contributed by atoms with van der Waals surface area (Å²) in [7, 11) is 0. The summed E-state index contributed by atoms with van der Waals surface area (Å²) < 4.78 is 0. The van der Waals surface area contributed by atoms with Gasteiger partial charge >= 0.3 is 0 Å². The molecule has 0 amide bonds. The SMILES string of the molecule is c1ccc(Nc2cnc(N3CCNCC3)nc2)cc1. The number of benzene rings is 1. The fraction of sp³-hybridized carbons (Fsp3) is 0.286. The van der Waals surface area contributed by atoms with Crippen LogP contribution < -0.4 is 15.5 Å². The highest BCUT2D eigenvalue weighted by molar-refractivity contribution is 5.58. The van der Waals surface area contributed by atoms with E-state index in [4.69, 9.17) is 0 Å². The van der Waals surface area contributed by atoms with E-state index in [9.17, 15) is 0 Å². The van der Waals surface area contributed by atoms with Crippen LogP contribution in [-0.4, -0.2) is 36.1 Å². The van der Waals surface area contributed by atoms with Crippen LogP contribution in [0.4, 0.5) is 17.3 Å². The fourth-order valence-electron chi connectivity index (χ4n) is 2.10. The van der Waals surface area contributed by atoms with E-state index in [-0.39, 0.29) is 0 Å². The predicted octanol–water partition coefficient (Wildman–Crippen LogP) is 1.63. The molecule has 0 aliphatic carbocycles. The normalized spacial score (nSPS) is 15.3. The second-order valence-corrected chi connectivity index (χ2v) is 4.50. The lowest BCUT2D eigenvalue weighted by Gasteiger charge is -2.27. The van der Waals surface area contributed by atoms with Gasteiger partial charge in [0.25, 0.3) is 0 Å². The maximum Gasteiger partial charge on any atom is 0.225 e. The van der Waals surface area contributed by atoms with Gasteiger partial charge in [0.05, 0.1) is 18.1 Å². The van der Waals surface area contributed by atoms with Crippen molar-refractivity contribution in [2.45, 2.75) is 0 Å². The molecule has 1 aromatic carbocycles. The van der Waals surface area contributed by atoms with E-state index >= 15 is 0 Å². The Morgan fingerprint density at radius 1 is 0.947 bits per heavy atom. The quantitative estimate of drug-likeness (QED) is 0.873. The van der Waals surface area contributed by atoms with Crippen LogP contribution in [0.15, 0.2) is 42.7 Å². The van der Waals surface area contributed by atoms with Crippen molar-refractivity contribution in [2.24, 2.45) is 0 Å². The highest BCUT2D eigenvalue weighted by atomic mass is 15.3. The standard InChI is InChI=1S/C14H17N5/c1-2-4-12(5-3-1)18-13-10-16-14(17-11-13)19-8-6-15-7-9-19/h1-5,10-11,15,18H,6-9H2. The van der Waals surface area contributed by atoms with Gasteiger partial charge < -0.3 is 15.5 Å². The van der Waals surface area contributed by atoms with Crippen molar-refractivity contribution in [3.05, 3.63) is 42.7 Å². The molecule has 5 heteroatoms. The molecule has 0 spiro atoms. The molecule has 1 saturated heterocycles. The predicted molar refractivity (Wildman–Crippen MR) is 76.8 cm³/mol. The Kier molecular flexibility index (Phi) is 3.56. The summed E-state index contributed by atoms with van der Waals surface area (Å²) in [6, 6.07) is 10.0. The third-order valence-electron chi connectivity index (χ3n) is 3.10. The van der Waals surface area contributed by atoms with Gasteiger partial charge in [0.15, 0.2) is 0 Å². The molecule has 1 aliphatic rings. The number of hydrogen-bond donors (Lipinski definition) is 2. The molecule has 0 bridgehead atoms. The lowest BCUT2D eigenvalue weighted by molar-refractivity contribution is 0.580. The highest BCUT2D eigenvalue weighted by Crippen LogP contribution is 2.16. The zero-order valence-electron chi connectivity index (χ0n) is 10.7. The number of para-hydroxylation sites is 1. The Balaban J connectivity index is 1.68. The van der Waals surface area contributed by atoms with E-state index in [1.165, 1.54) is 0 Å². The van der Waals surface area contributed by atoms with Crippen molar-refractivity contribution < 1.29 is 0 Å². The first-order valence-corrected chi connectivity index (χ1v) is 6.51. The molecule has 98 valence electrons. The van der Waals surface area contributed by atoms with Crippen LogP contribution in [0, 0.1) is 0 Å². The van der Waals surface area contributed by atoms with Gasteiger partial charge in [-0.05, 0) is 12.1 Å². The van der Waals surface area contributed by atoms with Crippen molar-refractivity contribution in [3.8, 4) is 0 Å². The van der Waals surface area contributed by atoms with Gasteiger partial charge in [0.2, 0.25) is 5.95 Å². The maximum atomic E-state index is 4.42.